The molecule has 1 saturated heterocycles. The van der Waals surface area contributed by atoms with Gasteiger partial charge < -0.3 is 15.3 Å². The first kappa shape index (κ1) is 18.8. The minimum atomic E-state index is -0.604. The molecule has 1 amide bonds. The number of carbonyl (C=O) groups excluding carboxylic acids is 1. The molecule has 29 heavy (non-hydrogen) atoms. The van der Waals surface area contributed by atoms with Gasteiger partial charge in [0.2, 0.25) is 5.91 Å². The van der Waals surface area contributed by atoms with E-state index in [1.807, 2.05) is 53.6 Å². The molecule has 2 atom stereocenters. The Hall–Kier alpha value is -3.52. The molecule has 0 saturated carbocycles. The molecule has 148 valence electrons. The second kappa shape index (κ2) is 8.66. The van der Waals surface area contributed by atoms with Gasteiger partial charge >= 0.3 is 0 Å². The first-order chi connectivity index (χ1) is 14.2. The Morgan fingerprint density at radius 3 is 2.79 bits per heavy atom. The van der Waals surface area contributed by atoms with Crippen LogP contribution < -0.4 is 10.2 Å². The molecule has 0 radical (unpaired) electrons. The molecule has 8 heteroatoms. The second-order valence-corrected chi connectivity index (χ2v) is 6.85. The number of aliphatic hydroxyl groups excluding tert-OH is 1. The summed E-state index contributed by atoms with van der Waals surface area (Å²) in [5.74, 6) is 1.16. The topological polar surface area (TPSA) is 96.2 Å². The number of aromatic nitrogens is 4. The third-order valence-corrected chi connectivity index (χ3v) is 4.83. The van der Waals surface area contributed by atoms with Gasteiger partial charge in [-0.2, -0.15) is 5.10 Å². The van der Waals surface area contributed by atoms with Crippen molar-refractivity contribution in [3.05, 3.63) is 72.8 Å². The number of nitrogens with zero attached hydrogens (tertiary/aromatic N) is 5. The normalized spacial score (nSPS) is 19.4. The van der Waals surface area contributed by atoms with Crippen LogP contribution in [0.15, 0.2) is 67.3 Å². The number of carbonyl (C=O) groups is 1. The molecule has 4 rings (SSSR count). The monoisotopic (exact) mass is 390 g/mol. The van der Waals surface area contributed by atoms with Gasteiger partial charge in [-0.25, -0.2) is 14.6 Å². The third-order valence-electron chi connectivity index (χ3n) is 4.83. The molecule has 0 spiro atoms. The number of amides is 1. The summed E-state index contributed by atoms with van der Waals surface area (Å²) in [6.07, 6.45) is 8.17. The molecule has 1 aliphatic heterocycles. The van der Waals surface area contributed by atoms with Crippen LogP contribution in [0.4, 0.5) is 5.82 Å². The SMILES string of the molecule is O=C(/C=C/c1ccccc1)N[C@@H]1CN(c2cc(-n3cccn3)ncn2)CC[C@@H]1O. The molecular formula is C21H22N6O2. The average Bonchev–Trinajstić information content (AvgIpc) is 3.30. The van der Waals surface area contributed by atoms with E-state index >= 15 is 0 Å². The van der Waals surface area contributed by atoms with Crippen molar-refractivity contribution < 1.29 is 9.90 Å². The summed E-state index contributed by atoms with van der Waals surface area (Å²) in [5, 5.41) is 17.5. The van der Waals surface area contributed by atoms with Gasteiger partial charge in [-0.15, -0.1) is 0 Å². The van der Waals surface area contributed by atoms with E-state index < -0.39 is 6.10 Å². The van der Waals surface area contributed by atoms with Crippen molar-refractivity contribution in [2.24, 2.45) is 0 Å². The van der Waals surface area contributed by atoms with Crippen molar-refractivity contribution in [3.8, 4) is 5.82 Å². The van der Waals surface area contributed by atoms with Crippen LogP contribution in [0.3, 0.4) is 0 Å². The van der Waals surface area contributed by atoms with E-state index in [-0.39, 0.29) is 11.9 Å². The number of piperidine rings is 1. The lowest BCUT2D eigenvalue weighted by Crippen LogP contribution is -2.55. The van der Waals surface area contributed by atoms with Crippen LogP contribution >= 0.6 is 0 Å². The summed E-state index contributed by atoms with van der Waals surface area (Å²) in [4.78, 5) is 23.0. The fraction of sp³-hybridized carbons (Fsp3) is 0.238. The molecule has 8 nitrogen and oxygen atoms in total. The Morgan fingerprint density at radius 2 is 2.00 bits per heavy atom. The highest BCUT2D eigenvalue weighted by atomic mass is 16.3. The van der Waals surface area contributed by atoms with Crippen molar-refractivity contribution in [2.45, 2.75) is 18.6 Å². The fourth-order valence-corrected chi connectivity index (χ4v) is 3.30. The van der Waals surface area contributed by atoms with Crippen molar-refractivity contribution in [2.75, 3.05) is 18.0 Å². The highest BCUT2D eigenvalue weighted by Gasteiger charge is 2.29. The van der Waals surface area contributed by atoms with Gasteiger partial charge in [-0.05, 0) is 24.1 Å². The Kier molecular flexibility index (Phi) is 5.62. The fourth-order valence-electron chi connectivity index (χ4n) is 3.30. The molecule has 3 heterocycles. The molecular weight excluding hydrogens is 368 g/mol. The van der Waals surface area contributed by atoms with Crippen molar-refractivity contribution >= 4 is 17.8 Å². The molecule has 0 unspecified atom stereocenters. The van der Waals surface area contributed by atoms with Gasteiger partial charge in [0, 0.05) is 37.6 Å². The smallest absolute Gasteiger partial charge is 0.244 e. The largest absolute Gasteiger partial charge is 0.391 e. The number of nitrogens with one attached hydrogen (secondary N) is 1. The lowest BCUT2D eigenvalue weighted by molar-refractivity contribution is -0.118. The van der Waals surface area contributed by atoms with Gasteiger partial charge in [0.15, 0.2) is 5.82 Å². The van der Waals surface area contributed by atoms with E-state index in [0.29, 0.717) is 25.3 Å². The van der Waals surface area contributed by atoms with E-state index in [2.05, 4.69) is 20.4 Å². The zero-order valence-corrected chi connectivity index (χ0v) is 15.8. The number of benzene rings is 1. The van der Waals surface area contributed by atoms with Gasteiger partial charge in [-0.1, -0.05) is 30.3 Å². The number of aliphatic hydroxyl groups is 1. The maximum absolute atomic E-state index is 12.3. The van der Waals surface area contributed by atoms with Gasteiger partial charge in [0.25, 0.3) is 0 Å². The minimum Gasteiger partial charge on any atom is -0.391 e. The lowest BCUT2D eigenvalue weighted by atomic mass is 10.0. The summed E-state index contributed by atoms with van der Waals surface area (Å²) in [7, 11) is 0. The van der Waals surface area contributed by atoms with E-state index in [0.717, 1.165) is 11.4 Å². The summed E-state index contributed by atoms with van der Waals surface area (Å²) in [6.45, 7) is 1.10. The Balaban J connectivity index is 1.42. The minimum absolute atomic E-state index is 0.236. The summed E-state index contributed by atoms with van der Waals surface area (Å²) >= 11 is 0. The van der Waals surface area contributed by atoms with Crippen LogP contribution in [-0.2, 0) is 4.79 Å². The molecule has 3 aromatic rings. The molecule has 0 bridgehead atoms. The quantitative estimate of drug-likeness (QED) is 0.640. The van der Waals surface area contributed by atoms with Gasteiger partial charge in [0.1, 0.15) is 12.1 Å². The van der Waals surface area contributed by atoms with E-state index in [9.17, 15) is 9.90 Å². The van der Waals surface area contributed by atoms with Crippen LogP contribution in [0.2, 0.25) is 0 Å². The highest BCUT2D eigenvalue weighted by Crippen LogP contribution is 2.19. The maximum Gasteiger partial charge on any atom is 0.244 e. The second-order valence-electron chi connectivity index (χ2n) is 6.85. The van der Waals surface area contributed by atoms with Crippen molar-refractivity contribution in [1.82, 2.24) is 25.1 Å². The first-order valence-electron chi connectivity index (χ1n) is 9.48. The predicted molar refractivity (Wildman–Crippen MR) is 109 cm³/mol. The molecule has 2 aromatic heterocycles. The zero-order valence-electron chi connectivity index (χ0n) is 15.8. The number of hydrogen-bond acceptors (Lipinski definition) is 6. The molecule has 1 fully saturated rings. The van der Waals surface area contributed by atoms with Crippen LogP contribution in [0.1, 0.15) is 12.0 Å². The predicted octanol–water partition coefficient (Wildman–Crippen LogP) is 1.43. The number of anilines is 1. The highest BCUT2D eigenvalue weighted by molar-refractivity contribution is 5.92. The van der Waals surface area contributed by atoms with Gasteiger partial charge in [-0.3, -0.25) is 4.79 Å². The van der Waals surface area contributed by atoms with E-state index in [4.69, 9.17) is 0 Å². The zero-order chi connectivity index (χ0) is 20.1. The molecule has 1 aliphatic rings. The molecule has 0 aliphatic carbocycles. The van der Waals surface area contributed by atoms with Crippen molar-refractivity contribution in [3.63, 3.8) is 0 Å². The Morgan fingerprint density at radius 1 is 1.17 bits per heavy atom. The Bertz CT molecular complexity index is 974. The van der Waals surface area contributed by atoms with Crippen LogP contribution in [-0.4, -0.2) is 56.0 Å². The van der Waals surface area contributed by atoms with E-state index in [1.54, 1.807) is 17.0 Å². The summed E-state index contributed by atoms with van der Waals surface area (Å²) in [5.41, 5.74) is 0.945. The van der Waals surface area contributed by atoms with Crippen LogP contribution in [0.5, 0.6) is 0 Å². The molecule has 1 aromatic carbocycles. The van der Waals surface area contributed by atoms with Gasteiger partial charge in [0.05, 0.1) is 12.1 Å². The van der Waals surface area contributed by atoms with Crippen LogP contribution in [0.25, 0.3) is 11.9 Å². The lowest BCUT2D eigenvalue weighted by Gasteiger charge is -2.37. The van der Waals surface area contributed by atoms with Crippen molar-refractivity contribution in [1.29, 1.82) is 0 Å². The van der Waals surface area contributed by atoms with Crippen LogP contribution in [0, 0.1) is 0 Å². The summed E-state index contributed by atoms with van der Waals surface area (Å²) in [6, 6.07) is 12.9. The van der Waals surface area contributed by atoms with E-state index in [1.165, 1.54) is 12.4 Å². The third kappa shape index (κ3) is 4.67. The standard InChI is InChI=1S/C21H22N6O2/c28-18-9-12-26(19-13-20(23-15-22-19)27-11-4-10-24-27)14-17(18)25-21(29)8-7-16-5-2-1-3-6-16/h1-8,10-11,13,15,17-18,28H,9,12,14H2,(H,25,29)/b8-7+/t17-,18+/m1/s1. The molecule has 2 N–H and O–H groups in total. The maximum atomic E-state index is 12.3. The average molecular weight is 390 g/mol. The summed E-state index contributed by atoms with van der Waals surface area (Å²) < 4.78 is 1.66. The Labute approximate surface area is 168 Å². The number of rotatable bonds is 5. The number of hydrogen-bond donors (Lipinski definition) is 2. The first-order valence-corrected chi connectivity index (χ1v) is 9.48.